The van der Waals surface area contributed by atoms with Gasteiger partial charge < -0.3 is 15.5 Å². The third-order valence-electron chi connectivity index (χ3n) is 6.47. The van der Waals surface area contributed by atoms with Crippen molar-refractivity contribution in [2.75, 3.05) is 13.2 Å². The van der Waals surface area contributed by atoms with Gasteiger partial charge in [0.05, 0.1) is 0 Å². The molecule has 0 radical (unpaired) electrons. The van der Waals surface area contributed by atoms with Crippen molar-refractivity contribution >= 4 is 5.91 Å². The van der Waals surface area contributed by atoms with Crippen molar-refractivity contribution in [2.24, 2.45) is 16.7 Å². The molecule has 2 unspecified atom stereocenters. The minimum absolute atomic E-state index is 0.0177. The van der Waals surface area contributed by atoms with E-state index in [4.69, 9.17) is 0 Å². The van der Waals surface area contributed by atoms with Gasteiger partial charge in [-0.1, -0.05) is 0 Å². The number of hydrogen-bond donors (Lipinski definition) is 3. The SMILES string of the molecule is CC(=O)NC12CC3CC(CCCO)(CC(CCCO)(C3)C1)C2. The van der Waals surface area contributed by atoms with E-state index >= 15 is 0 Å². The fourth-order valence-electron chi connectivity index (χ4n) is 6.82. The average Bonchev–Trinajstić information content (AvgIpc) is 2.40. The Morgan fingerprint density at radius 3 is 2.00 bits per heavy atom. The lowest BCUT2D eigenvalue weighted by Crippen LogP contribution is -2.66. The first-order chi connectivity index (χ1) is 10.4. The van der Waals surface area contributed by atoms with Crippen LogP contribution < -0.4 is 5.32 Å². The molecule has 0 aromatic rings. The zero-order chi connectivity index (χ0) is 15.8. The molecule has 126 valence electrons. The van der Waals surface area contributed by atoms with Gasteiger partial charge in [0.25, 0.3) is 0 Å². The highest BCUT2D eigenvalue weighted by Crippen LogP contribution is 2.69. The first kappa shape index (κ1) is 16.3. The van der Waals surface area contributed by atoms with Crippen molar-refractivity contribution in [3.05, 3.63) is 0 Å². The summed E-state index contributed by atoms with van der Waals surface area (Å²) < 4.78 is 0. The molecule has 4 rings (SSSR count). The third-order valence-corrected chi connectivity index (χ3v) is 6.47. The van der Waals surface area contributed by atoms with Gasteiger partial charge >= 0.3 is 0 Å². The van der Waals surface area contributed by atoms with E-state index in [1.807, 2.05) is 0 Å². The molecule has 0 saturated heterocycles. The van der Waals surface area contributed by atoms with Gasteiger partial charge in [0.15, 0.2) is 0 Å². The summed E-state index contributed by atoms with van der Waals surface area (Å²) in [4.78, 5) is 11.8. The topological polar surface area (TPSA) is 69.6 Å². The zero-order valence-corrected chi connectivity index (χ0v) is 13.9. The normalized spacial score (nSPS) is 42.6. The van der Waals surface area contributed by atoms with Gasteiger partial charge in [-0.3, -0.25) is 4.79 Å². The highest BCUT2D eigenvalue weighted by molar-refractivity contribution is 5.74. The Morgan fingerprint density at radius 1 is 1.00 bits per heavy atom. The van der Waals surface area contributed by atoms with E-state index in [2.05, 4.69) is 5.32 Å². The van der Waals surface area contributed by atoms with Crippen molar-refractivity contribution in [2.45, 2.75) is 76.7 Å². The summed E-state index contributed by atoms with van der Waals surface area (Å²) in [6.45, 7) is 2.17. The maximum Gasteiger partial charge on any atom is 0.217 e. The second kappa shape index (κ2) is 5.79. The summed E-state index contributed by atoms with van der Waals surface area (Å²) in [6.07, 6.45) is 11.0. The van der Waals surface area contributed by atoms with Crippen LogP contribution in [0.25, 0.3) is 0 Å². The van der Waals surface area contributed by atoms with Gasteiger partial charge in [-0.05, 0) is 81.0 Å². The van der Waals surface area contributed by atoms with Crippen LogP contribution in [-0.4, -0.2) is 34.9 Å². The molecule has 22 heavy (non-hydrogen) atoms. The number of hydrogen-bond acceptors (Lipinski definition) is 3. The summed E-state index contributed by atoms with van der Waals surface area (Å²) in [6, 6.07) is 0. The fraction of sp³-hybridized carbons (Fsp3) is 0.944. The van der Waals surface area contributed by atoms with E-state index in [0.29, 0.717) is 16.7 Å². The van der Waals surface area contributed by atoms with E-state index in [9.17, 15) is 15.0 Å². The van der Waals surface area contributed by atoms with Gasteiger partial charge in [0.2, 0.25) is 5.91 Å². The Labute approximate surface area is 133 Å². The van der Waals surface area contributed by atoms with Crippen LogP contribution >= 0.6 is 0 Å². The molecule has 0 heterocycles. The molecule has 4 fully saturated rings. The second-order valence-electron chi connectivity index (χ2n) is 8.62. The molecule has 4 heteroatoms. The molecule has 0 aromatic carbocycles. The standard InChI is InChI=1S/C18H31NO3/c1-14(22)19-18-10-15-8-16(12-18,4-2-6-20)11-17(9-15,13-18)5-3-7-21/h15,20-21H,2-13H2,1H3,(H,19,22). The largest absolute Gasteiger partial charge is 0.396 e. The summed E-state index contributed by atoms with van der Waals surface area (Å²) >= 11 is 0. The third kappa shape index (κ3) is 2.92. The molecule has 4 saturated carbocycles. The fourth-order valence-corrected chi connectivity index (χ4v) is 6.82. The first-order valence-corrected chi connectivity index (χ1v) is 8.95. The number of aliphatic hydroxyl groups is 2. The highest BCUT2D eigenvalue weighted by Gasteiger charge is 2.62. The van der Waals surface area contributed by atoms with Gasteiger partial charge in [-0.2, -0.15) is 0 Å². The lowest BCUT2D eigenvalue weighted by molar-refractivity contribution is -0.151. The number of nitrogens with one attached hydrogen (secondary N) is 1. The highest BCUT2D eigenvalue weighted by atomic mass is 16.3. The van der Waals surface area contributed by atoms with Crippen molar-refractivity contribution in [1.29, 1.82) is 0 Å². The van der Waals surface area contributed by atoms with E-state index in [1.165, 1.54) is 19.3 Å². The van der Waals surface area contributed by atoms with E-state index < -0.39 is 0 Å². The minimum atomic E-state index is -0.0177. The van der Waals surface area contributed by atoms with Gasteiger partial charge in [-0.25, -0.2) is 0 Å². The number of amides is 1. The maximum absolute atomic E-state index is 11.8. The predicted octanol–water partition coefficient (Wildman–Crippen LogP) is 2.38. The zero-order valence-electron chi connectivity index (χ0n) is 13.9. The lowest BCUT2D eigenvalue weighted by Gasteiger charge is -2.67. The summed E-state index contributed by atoms with van der Waals surface area (Å²) in [5.74, 6) is 0.803. The monoisotopic (exact) mass is 309 g/mol. The first-order valence-electron chi connectivity index (χ1n) is 8.95. The quantitative estimate of drug-likeness (QED) is 0.676. The second-order valence-corrected chi connectivity index (χ2v) is 8.62. The van der Waals surface area contributed by atoms with Crippen LogP contribution in [0.4, 0.5) is 0 Å². The van der Waals surface area contributed by atoms with Crippen LogP contribution in [0.2, 0.25) is 0 Å². The van der Waals surface area contributed by atoms with Crippen LogP contribution in [-0.2, 0) is 4.79 Å². The van der Waals surface area contributed by atoms with Crippen LogP contribution in [0.1, 0.15) is 71.1 Å². The summed E-state index contributed by atoms with van der Waals surface area (Å²) in [5, 5.41) is 21.9. The molecule has 0 spiro atoms. The Kier molecular flexibility index (Phi) is 4.28. The lowest BCUT2D eigenvalue weighted by atomic mass is 9.40. The number of aliphatic hydroxyl groups excluding tert-OH is 2. The van der Waals surface area contributed by atoms with Crippen LogP contribution in [0.15, 0.2) is 0 Å². The van der Waals surface area contributed by atoms with Crippen molar-refractivity contribution < 1.29 is 15.0 Å². The van der Waals surface area contributed by atoms with E-state index in [-0.39, 0.29) is 24.7 Å². The molecule has 2 atom stereocenters. The van der Waals surface area contributed by atoms with Crippen LogP contribution in [0.5, 0.6) is 0 Å². The molecule has 3 N–H and O–H groups in total. The molecule has 0 aliphatic heterocycles. The molecule has 4 aliphatic carbocycles. The van der Waals surface area contributed by atoms with Gasteiger partial charge in [0, 0.05) is 25.7 Å². The van der Waals surface area contributed by atoms with Gasteiger partial charge in [-0.15, -0.1) is 0 Å². The molecule has 4 aliphatic rings. The predicted molar refractivity (Wildman–Crippen MR) is 85.2 cm³/mol. The van der Waals surface area contributed by atoms with Gasteiger partial charge in [0.1, 0.15) is 0 Å². The number of carbonyl (C=O) groups is 1. The smallest absolute Gasteiger partial charge is 0.217 e. The van der Waals surface area contributed by atoms with E-state index in [1.54, 1.807) is 6.92 Å². The number of carbonyl (C=O) groups excluding carboxylic acids is 1. The summed E-state index contributed by atoms with van der Waals surface area (Å²) in [7, 11) is 0. The Morgan fingerprint density at radius 2 is 1.55 bits per heavy atom. The molecule has 4 nitrogen and oxygen atoms in total. The Bertz CT molecular complexity index is 412. The number of rotatable bonds is 7. The Hall–Kier alpha value is -0.610. The van der Waals surface area contributed by atoms with Crippen molar-refractivity contribution in [3.8, 4) is 0 Å². The maximum atomic E-state index is 11.8. The summed E-state index contributed by atoms with van der Waals surface area (Å²) in [5.41, 5.74) is 0.594. The van der Waals surface area contributed by atoms with Crippen LogP contribution in [0, 0.1) is 16.7 Å². The van der Waals surface area contributed by atoms with E-state index in [0.717, 1.165) is 44.9 Å². The van der Waals surface area contributed by atoms with Crippen molar-refractivity contribution in [3.63, 3.8) is 0 Å². The molecular weight excluding hydrogens is 278 g/mol. The van der Waals surface area contributed by atoms with Crippen molar-refractivity contribution in [1.82, 2.24) is 5.32 Å². The molecule has 4 bridgehead atoms. The molecule has 1 amide bonds. The van der Waals surface area contributed by atoms with Crippen LogP contribution in [0.3, 0.4) is 0 Å². The molecular formula is C18H31NO3. The minimum Gasteiger partial charge on any atom is -0.396 e. The average molecular weight is 309 g/mol. The molecule has 0 aromatic heterocycles. The Balaban J connectivity index is 1.87.